The van der Waals surface area contributed by atoms with Crippen LogP contribution < -0.4 is 11.5 Å². The van der Waals surface area contributed by atoms with E-state index in [1.807, 2.05) is 0 Å². The molecule has 82 valence electrons. The van der Waals surface area contributed by atoms with Crippen molar-refractivity contribution in [3.05, 3.63) is 0 Å². The molecule has 0 aromatic rings. The van der Waals surface area contributed by atoms with Gasteiger partial charge in [0, 0.05) is 12.5 Å². The first-order valence-corrected chi connectivity index (χ1v) is 5.65. The molecule has 2 unspecified atom stereocenters. The SMILES string of the molecule is CC(C(N)CC(N)=O)C1CCCCC1. The van der Waals surface area contributed by atoms with Crippen LogP contribution in [0.4, 0.5) is 0 Å². The second-order valence-electron chi connectivity index (χ2n) is 4.59. The minimum absolute atomic E-state index is 0.0457. The summed E-state index contributed by atoms with van der Waals surface area (Å²) >= 11 is 0. The third-order valence-electron chi connectivity index (χ3n) is 3.51. The Morgan fingerprint density at radius 1 is 1.36 bits per heavy atom. The fourth-order valence-corrected chi connectivity index (χ4v) is 2.43. The summed E-state index contributed by atoms with van der Waals surface area (Å²) in [5.74, 6) is 0.862. The number of nitrogens with two attached hydrogens (primary N) is 2. The maximum absolute atomic E-state index is 10.7. The van der Waals surface area contributed by atoms with E-state index in [1.165, 1.54) is 32.1 Å². The Balaban J connectivity index is 2.37. The highest BCUT2D eigenvalue weighted by Crippen LogP contribution is 2.31. The van der Waals surface area contributed by atoms with Gasteiger partial charge in [0.15, 0.2) is 0 Å². The Bertz CT molecular complexity index is 188. The van der Waals surface area contributed by atoms with E-state index in [9.17, 15) is 4.79 Å². The van der Waals surface area contributed by atoms with Crippen LogP contribution in [0.1, 0.15) is 45.4 Å². The highest BCUT2D eigenvalue weighted by Gasteiger charge is 2.25. The molecule has 0 spiro atoms. The summed E-state index contributed by atoms with van der Waals surface area (Å²) in [6, 6.07) is -0.0457. The monoisotopic (exact) mass is 198 g/mol. The molecule has 0 bridgehead atoms. The summed E-state index contributed by atoms with van der Waals surface area (Å²) in [4.78, 5) is 10.7. The molecule has 1 amide bonds. The Morgan fingerprint density at radius 3 is 2.43 bits per heavy atom. The summed E-state index contributed by atoms with van der Waals surface area (Å²) in [7, 11) is 0. The van der Waals surface area contributed by atoms with Gasteiger partial charge in [0.05, 0.1) is 0 Å². The van der Waals surface area contributed by atoms with Crippen LogP contribution in [0, 0.1) is 11.8 Å². The van der Waals surface area contributed by atoms with Gasteiger partial charge in [-0.1, -0.05) is 39.0 Å². The van der Waals surface area contributed by atoms with Gasteiger partial charge >= 0.3 is 0 Å². The summed E-state index contributed by atoms with van der Waals surface area (Å²) in [5, 5.41) is 0. The molecule has 3 nitrogen and oxygen atoms in total. The molecular weight excluding hydrogens is 176 g/mol. The molecular formula is C11H22N2O. The Labute approximate surface area is 86.2 Å². The van der Waals surface area contributed by atoms with E-state index in [0.717, 1.165) is 0 Å². The smallest absolute Gasteiger partial charge is 0.218 e. The van der Waals surface area contributed by atoms with Gasteiger partial charge in [-0.05, 0) is 11.8 Å². The number of rotatable bonds is 4. The lowest BCUT2D eigenvalue weighted by Gasteiger charge is -2.31. The van der Waals surface area contributed by atoms with Crippen molar-refractivity contribution in [2.45, 2.75) is 51.5 Å². The van der Waals surface area contributed by atoms with Gasteiger partial charge in [0.25, 0.3) is 0 Å². The van der Waals surface area contributed by atoms with Gasteiger partial charge in [-0.15, -0.1) is 0 Å². The molecule has 1 fully saturated rings. The van der Waals surface area contributed by atoms with E-state index >= 15 is 0 Å². The number of hydrogen-bond acceptors (Lipinski definition) is 2. The third kappa shape index (κ3) is 3.29. The topological polar surface area (TPSA) is 69.1 Å². The van der Waals surface area contributed by atoms with Crippen LogP contribution in [0.5, 0.6) is 0 Å². The van der Waals surface area contributed by atoms with Crippen molar-refractivity contribution in [3.8, 4) is 0 Å². The first-order valence-electron chi connectivity index (χ1n) is 5.65. The minimum atomic E-state index is -0.278. The molecule has 2 atom stereocenters. The van der Waals surface area contributed by atoms with Crippen LogP contribution in [0.15, 0.2) is 0 Å². The van der Waals surface area contributed by atoms with Crippen LogP contribution in [0.25, 0.3) is 0 Å². The molecule has 1 aliphatic carbocycles. The van der Waals surface area contributed by atoms with Crippen molar-refractivity contribution in [1.82, 2.24) is 0 Å². The summed E-state index contributed by atoms with van der Waals surface area (Å²) in [6.45, 7) is 2.16. The Kier molecular flexibility index (Phi) is 4.39. The molecule has 0 heterocycles. The first-order chi connectivity index (χ1) is 6.61. The molecule has 0 aromatic carbocycles. The summed E-state index contributed by atoms with van der Waals surface area (Å²) in [6.07, 6.45) is 6.86. The molecule has 0 aliphatic heterocycles. The van der Waals surface area contributed by atoms with Crippen molar-refractivity contribution in [2.75, 3.05) is 0 Å². The van der Waals surface area contributed by atoms with E-state index in [2.05, 4.69) is 6.92 Å². The van der Waals surface area contributed by atoms with Crippen LogP contribution in [-0.4, -0.2) is 11.9 Å². The second kappa shape index (κ2) is 5.35. The average molecular weight is 198 g/mol. The van der Waals surface area contributed by atoms with Crippen molar-refractivity contribution in [2.24, 2.45) is 23.3 Å². The normalized spacial score (nSPS) is 23.0. The molecule has 0 aromatic heterocycles. The van der Waals surface area contributed by atoms with E-state index in [4.69, 9.17) is 11.5 Å². The zero-order chi connectivity index (χ0) is 10.6. The van der Waals surface area contributed by atoms with E-state index in [-0.39, 0.29) is 11.9 Å². The molecule has 0 radical (unpaired) electrons. The number of amides is 1. The Morgan fingerprint density at radius 2 is 1.93 bits per heavy atom. The van der Waals surface area contributed by atoms with E-state index < -0.39 is 0 Å². The number of hydrogen-bond donors (Lipinski definition) is 2. The number of primary amides is 1. The van der Waals surface area contributed by atoms with Crippen LogP contribution in [0.3, 0.4) is 0 Å². The second-order valence-corrected chi connectivity index (χ2v) is 4.59. The largest absolute Gasteiger partial charge is 0.370 e. The lowest BCUT2D eigenvalue weighted by Crippen LogP contribution is -2.37. The molecule has 1 rings (SSSR count). The number of carbonyl (C=O) groups excluding carboxylic acids is 1. The zero-order valence-electron chi connectivity index (χ0n) is 9.04. The lowest BCUT2D eigenvalue weighted by molar-refractivity contribution is -0.118. The maximum atomic E-state index is 10.7. The van der Waals surface area contributed by atoms with Gasteiger partial charge in [0.1, 0.15) is 0 Å². The fraction of sp³-hybridized carbons (Fsp3) is 0.909. The van der Waals surface area contributed by atoms with Gasteiger partial charge < -0.3 is 11.5 Å². The Hall–Kier alpha value is -0.570. The van der Waals surface area contributed by atoms with Crippen LogP contribution >= 0.6 is 0 Å². The third-order valence-corrected chi connectivity index (χ3v) is 3.51. The first kappa shape index (κ1) is 11.5. The summed E-state index contributed by atoms with van der Waals surface area (Å²) in [5.41, 5.74) is 11.1. The lowest BCUT2D eigenvalue weighted by atomic mass is 9.77. The highest BCUT2D eigenvalue weighted by atomic mass is 16.1. The minimum Gasteiger partial charge on any atom is -0.370 e. The van der Waals surface area contributed by atoms with Crippen molar-refractivity contribution in [1.29, 1.82) is 0 Å². The fourth-order valence-electron chi connectivity index (χ4n) is 2.43. The molecule has 1 saturated carbocycles. The predicted molar refractivity (Wildman–Crippen MR) is 57.5 cm³/mol. The van der Waals surface area contributed by atoms with Gasteiger partial charge in [-0.2, -0.15) is 0 Å². The van der Waals surface area contributed by atoms with Gasteiger partial charge in [-0.25, -0.2) is 0 Å². The van der Waals surface area contributed by atoms with Gasteiger partial charge in [-0.3, -0.25) is 4.79 Å². The van der Waals surface area contributed by atoms with Crippen molar-refractivity contribution < 1.29 is 4.79 Å². The van der Waals surface area contributed by atoms with E-state index in [0.29, 0.717) is 18.3 Å². The maximum Gasteiger partial charge on any atom is 0.218 e. The average Bonchev–Trinajstić information content (AvgIpc) is 2.17. The van der Waals surface area contributed by atoms with Crippen LogP contribution in [0.2, 0.25) is 0 Å². The molecule has 4 N–H and O–H groups in total. The zero-order valence-corrected chi connectivity index (χ0v) is 9.04. The van der Waals surface area contributed by atoms with E-state index in [1.54, 1.807) is 0 Å². The number of carbonyl (C=O) groups is 1. The van der Waals surface area contributed by atoms with Crippen LogP contribution in [-0.2, 0) is 4.79 Å². The standard InChI is InChI=1S/C11H22N2O/c1-8(10(12)7-11(13)14)9-5-3-2-4-6-9/h8-10H,2-7,12H2,1H3,(H2,13,14). The summed E-state index contributed by atoms with van der Waals surface area (Å²) < 4.78 is 0. The molecule has 1 aliphatic rings. The molecule has 14 heavy (non-hydrogen) atoms. The van der Waals surface area contributed by atoms with Crippen molar-refractivity contribution >= 4 is 5.91 Å². The molecule has 0 saturated heterocycles. The molecule has 3 heteroatoms. The highest BCUT2D eigenvalue weighted by molar-refractivity contribution is 5.74. The predicted octanol–water partition coefficient (Wildman–Crippen LogP) is 1.41. The van der Waals surface area contributed by atoms with Crippen molar-refractivity contribution in [3.63, 3.8) is 0 Å². The quantitative estimate of drug-likeness (QED) is 0.717. The van der Waals surface area contributed by atoms with Gasteiger partial charge in [0.2, 0.25) is 5.91 Å².